The minimum Gasteiger partial charge on any atom is -0.478 e. The Morgan fingerprint density at radius 1 is 1.00 bits per heavy atom. The molecule has 5 aromatic rings. The summed E-state index contributed by atoms with van der Waals surface area (Å²) in [6.45, 7) is 1.92. The van der Waals surface area contributed by atoms with Crippen molar-refractivity contribution >= 4 is 45.0 Å². The second-order valence-electron chi connectivity index (χ2n) is 8.92. The van der Waals surface area contributed by atoms with E-state index < -0.39 is 23.9 Å². The number of thiophene rings is 1. The van der Waals surface area contributed by atoms with E-state index >= 15 is 0 Å². The van der Waals surface area contributed by atoms with Gasteiger partial charge < -0.3 is 9.84 Å². The first-order chi connectivity index (χ1) is 18.5. The Morgan fingerprint density at radius 2 is 1.74 bits per heavy atom. The van der Waals surface area contributed by atoms with E-state index in [4.69, 9.17) is 4.74 Å². The first-order valence-electron chi connectivity index (χ1n) is 11.9. The SMILES string of the molecule is CC1=Nc2nnnn2C(c2c(-c3ccc(C(=O)O)cc3)sc3ccccc23)C1C(=O)OCc1ccccc1. The van der Waals surface area contributed by atoms with Crippen molar-refractivity contribution in [3.8, 4) is 10.4 Å². The van der Waals surface area contributed by atoms with Crippen LogP contribution in [0, 0.1) is 5.92 Å². The van der Waals surface area contributed by atoms with Crippen LogP contribution < -0.4 is 0 Å². The fourth-order valence-corrected chi connectivity index (χ4v) is 6.03. The smallest absolute Gasteiger partial charge is 0.335 e. The summed E-state index contributed by atoms with van der Waals surface area (Å²) in [5.74, 6) is -1.89. The second kappa shape index (κ2) is 9.64. The number of carbonyl (C=O) groups excluding carboxylic acids is 1. The second-order valence-corrected chi connectivity index (χ2v) is 9.97. The Morgan fingerprint density at radius 3 is 2.50 bits per heavy atom. The lowest BCUT2D eigenvalue weighted by Crippen LogP contribution is -2.37. The predicted octanol–water partition coefficient (Wildman–Crippen LogP) is 5.31. The third kappa shape index (κ3) is 4.14. The standard InChI is InChI=1S/C28H21N5O4S/c1-16-22(27(36)37-15-17-7-3-2-4-8-17)24(33-28(29-16)30-31-32-33)23-20-9-5-6-10-21(20)38-25(23)18-11-13-19(14-12-18)26(34)35/h2-14,22,24H,15H2,1H3,(H,34,35). The lowest BCUT2D eigenvalue weighted by Gasteiger charge is -2.29. The van der Waals surface area contributed by atoms with Crippen molar-refractivity contribution in [3.63, 3.8) is 0 Å². The van der Waals surface area contributed by atoms with Crippen LogP contribution in [0.3, 0.4) is 0 Å². The number of aliphatic imine (C=N–C) groups is 1. The zero-order valence-electron chi connectivity index (χ0n) is 20.2. The third-order valence-electron chi connectivity index (χ3n) is 6.58. The first-order valence-corrected chi connectivity index (χ1v) is 12.7. The number of carboxylic acids is 1. The zero-order chi connectivity index (χ0) is 26.2. The highest BCUT2D eigenvalue weighted by atomic mass is 32.1. The largest absolute Gasteiger partial charge is 0.478 e. The van der Waals surface area contributed by atoms with E-state index in [1.54, 1.807) is 47.2 Å². The molecule has 38 heavy (non-hydrogen) atoms. The fraction of sp³-hybridized carbons (Fsp3) is 0.143. The molecule has 0 spiro atoms. The van der Waals surface area contributed by atoms with E-state index in [0.29, 0.717) is 11.7 Å². The molecule has 2 atom stereocenters. The Hall–Kier alpha value is -4.70. The summed E-state index contributed by atoms with van der Waals surface area (Å²) in [5.41, 5.74) is 3.32. The van der Waals surface area contributed by atoms with Crippen molar-refractivity contribution < 1.29 is 19.4 Å². The van der Waals surface area contributed by atoms with Crippen molar-refractivity contribution in [1.29, 1.82) is 0 Å². The van der Waals surface area contributed by atoms with Gasteiger partial charge in [-0.15, -0.1) is 11.3 Å². The fourth-order valence-electron chi connectivity index (χ4n) is 4.78. The van der Waals surface area contributed by atoms with Crippen LogP contribution in [-0.2, 0) is 16.1 Å². The molecule has 188 valence electrons. The molecule has 0 saturated carbocycles. The summed E-state index contributed by atoms with van der Waals surface area (Å²) in [5, 5.41) is 22.5. The van der Waals surface area contributed by atoms with Crippen molar-refractivity contribution in [1.82, 2.24) is 20.2 Å². The number of hydrogen-bond acceptors (Lipinski definition) is 8. The average molecular weight is 524 g/mol. The molecule has 0 radical (unpaired) electrons. The highest BCUT2D eigenvalue weighted by Crippen LogP contribution is 2.47. The third-order valence-corrected chi connectivity index (χ3v) is 7.82. The molecule has 1 aliphatic heterocycles. The van der Waals surface area contributed by atoms with E-state index in [9.17, 15) is 14.7 Å². The normalized spacial score (nSPS) is 16.6. The lowest BCUT2D eigenvalue weighted by molar-refractivity contribution is -0.148. The predicted molar refractivity (Wildman–Crippen MR) is 143 cm³/mol. The van der Waals surface area contributed by atoms with Gasteiger partial charge >= 0.3 is 11.9 Å². The number of aromatic nitrogens is 4. The van der Waals surface area contributed by atoms with Crippen LogP contribution in [-0.4, -0.2) is 43.0 Å². The Labute approximate surface area is 221 Å². The molecule has 1 N–H and O–H groups in total. The van der Waals surface area contributed by atoms with Gasteiger partial charge in [-0.25, -0.2) is 14.5 Å². The summed E-state index contributed by atoms with van der Waals surface area (Å²) in [7, 11) is 0. The average Bonchev–Trinajstić information content (AvgIpc) is 3.56. The number of hydrogen-bond donors (Lipinski definition) is 1. The molecular weight excluding hydrogens is 502 g/mol. The Balaban J connectivity index is 1.50. The maximum Gasteiger partial charge on any atom is 0.335 e. The summed E-state index contributed by atoms with van der Waals surface area (Å²) in [6.07, 6.45) is 0. The number of carboxylic acid groups (broad SMARTS) is 1. The molecule has 3 heterocycles. The molecule has 0 amide bonds. The summed E-state index contributed by atoms with van der Waals surface area (Å²) in [6, 6.07) is 23.5. The molecular formula is C28H21N5O4S. The van der Waals surface area contributed by atoms with E-state index in [1.807, 2.05) is 54.6 Å². The van der Waals surface area contributed by atoms with E-state index in [2.05, 4.69) is 20.5 Å². The van der Waals surface area contributed by atoms with Gasteiger partial charge in [0.25, 0.3) is 5.95 Å². The highest BCUT2D eigenvalue weighted by molar-refractivity contribution is 7.22. The maximum atomic E-state index is 13.7. The van der Waals surface area contributed by atoms with Crippen molar-refractivity contribution in [3.05, 3.63) is 95.6 Å². The molecule has 0 saturated heterocycles. The van der Waals surface area contributed by atoms with E-state index in [0.717, 1.165) is 31.7 Å². The van der Waals surface area contributed by atoms with Gasteiger partial charge in [-0.1, -0.05) is 65.8 Å². The highest BCUT2D eigenvalue weighted by Gasteiger charge is 2.42. The summed E-state index contributed by atoms with van der Waals surface area (Å²) < 4.78 is 8.39. The van der Waals surface area contributed by atoms with Crippen molar-refractivity contribution in [2.24, 2.45) is 10.9 Å². The van der Waals surface area contributed by atoms with Gasteiger partial charge in [-0.05, 0) is 52.1 Å². The van der Waals surface area contributed by atoms with Crippen LogP contribution >= 0.6 is 11.3 Å². The van der Waals surface area contributed by atoms with Crippen LogP contribution in [0.5, 0.6) is 0 Å². The van der Waals surface area contributed by atoms with Crippen LogP contribution in [0.15, 0.2) is 83.9 Å². The minimum atomic E-state index is -0.994. The maximum absolute atomic E-state index is 13.7. The van der Waals surface area contributed by atoms with Crippen molar-refractivity contribution in [2.75, 3.05) is 0 Å². The van der Waals surface area contributed by atoms with Gasteiger partial charge in [0.1, 0.15) is 18.6 Å². The molecule has 1 aliphatic rings. The van der Waals surface area contributed by atoms with Gasteiger partial charge in [0.15, 0.2) is 0 Å². The zero-order valence-corrected chi connectivity index (χ0v) is 21.0. The number of ether oxygens (including phenoxy) is 1. The van der Waals surface area contributed by atoms with Gasteiger partial charge in [-0.3, -0.25) is 4.79 Å². The molecule has 2 aromatic heterocycles. The molecule has 0 aliphatic carbocycles. The van der Waals surface area contributed by atoms with Gasteiger partial charge in [-0.2, -0.15) is 0 Å². The lowest BCUT2D eigenvalue weighted by atomic mass is 9.86. The molecule has 3 aromatic carbocycles. The number of esters is 1. The van der Waals surface area contributed by atoms with E-state index in [1.165, 1.54) is 0 Å². The van der Waals surface area contributed by atoms with Crippen LogP contribution in [0.25, 0.3) is 20.5 Å². The number of tetrazole rings is 1. The number of fused-ring (bicyclic) bond motifs is 2. The number of carbonyl (C=O) groups is 2. The van der Waals surface area contributed by atoms with Crippen LogP contribution in [0.4, 0.5) is 5.95 Å². The molecule has 6 rings (SSSR count). The topological polar surface area (TPSA) is 120 Å². The molecule has 2 unspecified atom stereocenters. The molecule has 0 bridgehead atoms. The minimum absolute atomic E-state index is 0.131. The van der Waals surface area contributed by atoms with Gasteiger partial charge in [0, 0.05) is 20.9 Å². The van der Waals surface area contributed by atoms with Gasteiger partial charge in [0.2, 0.25) is 0 Å². The molecule has 10 heteroatoms. The number of benzene rings is 3. The van der Waals surface area contributed by atoms with Crippen LogP contribution in [0.1, 0.15) is 34.5 Å². The van der Waals surface area contributed by atoms with Crippen LogP contribution in [0.2, 0.25) is 0 Å². The first kappa shape index (κ1) is 23.7. The summed E-state index contributed by atoms with van der Waals surface area (Å²) >= 11 is 1.57. The quantitative estimate of drug-likeness (QED) is 0.300. The van der Waals surface area contributed by atoms with E-state index in [-0.39, 0.29) is 12.2 Å². The van der Waals surface area contributed by atoms with Gasteiger partial charge in [0.05, 0.1) is 5.56 Å². The number of rotatable bonds is 6. The number of aromatic carboxylic acids is 1. The summed E-state index contributed by atoms with van der Waals surface area (Å²) in [4.78, 5) is 30.5. The monoisotopic (exact) mass is 523 g/mol. The Kier molecular flexibility index (Phi) is 6.01. The molecule has 9 nitrogen and oxygen atoms in total. The van der Waals surface area contributed by atoms with Crippen molar-refractivity contribution in [2.45, 2.75) is 19.6 Å². The Bertz CT molecular complexity index is 1690. The molecule has 0 fully saturated rings. The number of nitrogens with zero attached hydrogens (tertiary/aromatic N) is 5.